The van der Waals surface area contributed by atoms with Crippen molar-refractivity contribution in [1.29, 1.82) is 0 Å². The van der Waals surface area contributed by atoms with Gasteiger partial charge >= 0.3 is 0 Å². The van der Waals surface area contributed by atoms with Gasteiger partial charge in [-0.2, -0.15) is 0 Å². The van der Waals surface area contributed by atoms with Crippen LogP contribution in [-0.4, -0.2) is 9.97 Å². The number of benzene rings is 1. The Balaban J connectivity index is 2.34. The topological polar surface area (TPSA) is 25.8 Å². The highest BCUT2D eigenvalue weighted by Gasteiger charge is 2.11. The first-order chi connectivity index (χ1) is 8.47. The number of halogens is 5. The third kappa shape index (κ3) is 3.07. The lowest BCUT2D eigenvalue weighted by Crippen LogP contribution is -2.01. The quantitative estimate of drug-likeness (QED) is 0.556. The van der Waals surface area contributed by atoms with E-state index in [-0.39, 0.29) is 28.1 Å². The summed E-state index contributed by atoms with van der Waals surface area (Å²) in [4.78, 5) is 7.99. The zero-order valence-electron chi connectivity index (χ0n) is 8.72. The Labute approximate surface area is 125 Å². The summed E-state index contributed by atoms with van der Waals surface area (Å²) in [6, 6.07) is 3.33. The average Bonchev–Trinajstić information content (AvgIpc) is 2.29. The number of hydrogen-bond acceptors (Lipinski definition) is 2. The smallest absolute Gasteiger partial charge is 0.147 e. The highest BCUT2D eigenvalue weighted by molar-refractivity contribution is 14.1. The van der Waals surface area contributed by atoms with E-state index in [2.05, 4.69) is 9.97 Å². The molecule has 0 aliphatic heterocycles. The Hall–Kier alpha value is -0.530. The van der Waals surface area contributed by atoms with Crippen molar-refractivity contribution >= 4 is 45.8 Å². The van der Waals surface area contributed by atoms with Gasteiger partial charge in [-0.05, 0) is 34.2 Å². The van der Waals surface area contributed by atoms with Gasteiger partial charge in [0.2, 0.25) is 0 Å². The summed E-state index contributed by atoms with van der Waals surface area (Å²) in [7, 11) is 0. The maximum atomic E-state index is 13.5. The second-order valence-corrected chi connectivity index (χ2v) is 5.24. The molecule has 2 nitrogen and oxygen atoms in total. The number of hydrogen-bond donors (Lipinski definition) is 0. The summed E-state index contributed by atoms with van der Waals surface area (Å²) in [5.41, 5.74) is 0.282. The molecule has 0 fully saturated rings. The van der Waals surface area contributed by atoms with E-state index in [0.29, 0.717) is 3.57 Å². The summed E-state index contributed by atoms with van der Waals surface area (Å²) in [5, 5.41) is 0.432. The lowest BCUT2D eigenvalue weighted by atomic mass is 10.1. The molecule has 0 amide bonds. The molecule has 1 aromatic carbocycles. The normalized spacial score (nSPS) is 10.7. The van der Waals surface area contributed by atoms with Crippen molar-refractivity contribution < 1.29 is 8.78 Å². The SMILES string of the molecule is Fc1ccc(Cc2nc(Cl)c(I)c(Cl)n2)c(F)c1. The Bertz CT molecular complexity index is 585. The van der Waals surface area contributed by atoms with E-state index in [0.717, 1.165) is 6.07 Å². The van der Waals surface area contributed by atoms with Gasteiger partial charge in [-0.3, -0.25) is 0 Å². The molecule has 1 aromatic heterocycles. The Morgan fingerprint density at radius 1 is 1.11 bits per heavy atom. The van der Waals surface area contributed by atoms with E-state index >= 15 is 0 Å². The lowest BCUT2D eigenvalue weighted by molar-refractivity contribution is 0.573. The Morgan fingerprint density at radius 3 is 2.28 bits per heavy atom. The van der Waals surface area contributed by atoms with Gasteiger partial charge < -0.3 is 0 Å². The van der Waals surface area contributed by atoms with Gasteiger partial charge in [0, 0.05) is 12.5 Å². The van der Waals surface area contributed by atoms with Crippen molar-refractivity contribution in [2.24, 2.45) is 0 Å². The molecule has 0 N–H and O–H groups in total. The fourth-order valence-electron chi connectivity index (χ4n) is 1.35. The van der Waals surface area contributed by atoms with E-state index in [9.17, 15) is 8.78 Å². The largest absolute Gasteiger partial charge is 0.220 e. The molecule has 0 saturated heterocycles. The monoisotopic (exact) mass is 400 g/mol. The van der Waals surface area contributed by atoms with Gasteiger partial charge in [0.25, 0.3) is 0 Å². The van der Waals surface area contributed by atoms with Crippen LogP contribution in [0.15, 0.2) is 18.2 Å². The molecule has 2 aromatic rings. The summed E-state index contributed by atoms with van der Waals surface area (Å²) >= 11 is 13.6. The van der Waals surface area contributed by atoms with Crippen molar-refractivity contribution in [3.8, 4) is 0 Å². The van der Waals surface area contributed by atoms with Crippen LogP contribution in [0, 0.1) is 15.2 Å². The van der Waals surface area contributed by atoms with Crippen LogP contribution in [-0.2, 0) is 6.42 Å². The summed E-state index contributed by atoms with van der Waals surface area (Å²) in [6.07, 6.45) is 0.0997. The fraction of sp³-hybridized carbons (Fsp3) is 0.0909. The van der Waals surface area contributed by atoms with E-state index in [1.807, 2.05) is 22.6 Å². The molecule has 2 rings (SSSR count). The van der Waals surface area contributed by atoms with E-state index in [4.69, 9.17) is 23.2 Å². The van der Waals surface area contributed by atoms with Crippen LogP contribution < -0.4 is 0 Å². The van der Waals surface area contributed by atoms with E-state index in [1.165, 1.54) is 12.1 Å². The highest BCUT2D eigenvalue weighted by atomic mass is 127. The minimum Gasteiger partial charge on any atom is -0.220 e. The molecule has 0 radical (unpaired) electrons. The third-order valence-corrected chi connectivity index (χ3v) is 4.39. The Kier molecular flexibility index (Phi) is 4.34. The van der Waals surface area contributed by atoms with Gasteiger partial charge in [-0.15, -0.1) is 0 Å². The molecule has 0 saturated carbocycles. The molecule has 1 heterocycles. The average molecular weight is 401 g/mol. The van der Waals surface area contributed by atoms with Gasteiger partial charge in [-0.1, -0.05) is 29.3 Å². The van der Waals surface area contributed by atoms with Crippen LogP contribution in [0.2, 0.25) is 10.3 Å². The van der Waals surface area contributed by atoms with E-state index < -0.39 is 11.6 Å². The molecule has 0 atom stereocenters. The summed E-state index contributed by atoms with van der Waals surface area (Å²) < 4.78 is 26.7. The predicted octanol–water partition coefficient (Wildman–Crippen LogP) is 4.26. The van der Waals surface area contributed by atoms with Gasteiger partial charge in [0.15, 0.2) is 0 Å². The maximum absolute atomic E-state index is 13.5. The maximum Gasteiger partial charge on any atom is 0.147 e. The minimum atomic E-state index is -0.649. The van der Waals surface area contributed by atoms with Crippen molar-refractivity contribution in [1.82, 2.24) is 9.97 Å². The van der Waals surface area contributed by atoms with Crippen LogP contribution in [0.3, 0.4) is 0 Å². The number of rotatable bonds is 2. The van der Waals surface area contributed by atoms with Gasteiger partial charge in [0.1, 0.15) is 27.8 Å². The van der Waals surface area contributed by atoms with Crippen LogP contribution in [0.4, 0.5) is 8.78 Å². The van der Waals surface area contributed by atoms with Crippen LogP contribution in [0.5, 0.6) is 0 Å². The molecular formula is C11H5Cl2F2IN2. The van der Waals surface area contributed by atoms with E-state index in [1.54, 1.807) is 0 Å². The van der Waals surface area contributed by atoms with Crippen molar-refractivity contribution in [2.75, 3.05) is 0 Å². The second kappa shape index (κ2) is 5.63. The fourth-order valence-corrected chi connectivity index (χ4v) is 2.01. The summed E-state index contributed by atoms with van der Waals surface area (Å²) in [5.74, 6) is -0.990. The van der Waals surface area contributed by atoms with Crippen molar-refractivity contribution in [3.05, 3.63) is 55.1 Å². The summed E-state index contributed by atoms with van der Waals surface area (Å²) in [6.45, 7) is 0. The van der Waals surface area contributed by atoms with Crippen molar-refractivity contribution in [3.63, 3.8) is 0 Å². The zero-order valence-corrected chi connectivity index (χ0v) is 12.4. The third-order valence-electron chi connectivity index (χ3n) is 2.18. The standard InChI is InChI=1S/C11H5Cl2F2IN2/c12-10-9(16)11(13)18-8(17-10)3-5-1-2-6(14)4-7(5)15/h1-2,4H,3H2. The Morgan fingerprint density at radius 2 is 1.72 bits per heavy atom. The number of nitrogens with zero attached hydrogens (tertiary/aromatic N) is 2. The molecular weight excluding hydrogens is 396 g/mol. The molecule has 0 spiro atoms. The van der Waals surface area contributed by atoms with Crippen molar-refractivity contribution in [2.45, 2.75) is 6.42 Å². The first kappa shape index (κ1) is 13.9. The van der Waals surface area contributed by atoms with Crippen LogP contribution >= 0.6 is 45.8 Å². The molecule has 0 unspecified atom stereocenters. The van der Waals surface area contributed by atoms with Gasteiger partial charge in [-0.25, -0.2) is 18.7 Å². The highest BCUT2D eigenvalue weighted by Crippen LogP contribution is 2.24. The molecule has 94 valence electrons. The zero-order chi connectivity index (χ0) is 13.3. The van der Waals surface area contributed by atoms with Gasteiger partial charge in [0.05, 0.1) is 3.57 Å². The number of aromatic nitrogens is 2. The molecule has 0 aliphatic carbocycles. The molecule has 0 aliphatic rings. The van der Waals surface area contributed by atoms with Crippen LogP contribution in [0.25, 0.3) is 0 Å². The minimum absolute atomic E-state index is 0.0997. The molecule has 18 heavy (non-hydrogen) atoms. The first-order valence-electron chi connectivity index (χ1n) is 4.78. The second-order valence-electron chi connectivity index (χ2n) is 3.45. The lowest BCUT2D eigenvalue weighted by Gasteiger charge is -2.05. The molecule has 7 heteroatoms. The molecule has 0 bridgehead atoms. The first-order valence-corrected chi connectivity index (χ1v) is 6.62. The predicted molar refractivity (Wildman–Crippen MR) is 73.9 cm³/mol. The van der Waals surface area contributed by atoms with Crippen LogP contribution in [0.1, 0.15) is 11.4 Å².